The van der Waals surface area contributed by atoms with E-state index in [1.807, 2.05) is 54.6 Å². The third-order valence-corrected chi connectivity index (χ3v) is 8.18. The molecular formula is C38H22N4O. The molecule has 0 atom stereocenters. The number of furan rings is 1. The maximum absolute atomic E-state index is 6.12. The Kier molecular flexibility index (Phi) is 5.13. The zero-order valence-corrected chi connectivity index (χ0v) is 22.9. The summed E-state index contributed by atoms with van der Waals surface area (Å²) in [6.45, 7) is 0. The lowest BCUT2D eigenvalue weighted by molar-refractivity contribution is 0.654. The average Bonchev–Trinajstić information content (AvgIpc) is 3.47. The van der Waals surface area contributed by atoms with Crippen molar-refractivity contribution in [2.45, 2.75) is 0 Å². The molecule has 43 heavy (non-hydrogen) atoms. The Labute approximate surface area is 246 Å². The fourth-order valence-corrected chi connectivity index (χ4v) is 6.22. The van der Waals surface area contributed by atoms with Gasteiger partial charge in [-0.15, -0.1) is 0 Å². The SMILES string of the molecule is c1ccc(-c2nc(-c3ccnc4oc5ccccc5c34)nc(-c3cc4ccccc4c4ccc5ccccc5c34)n2)cc1. The molecule has 0 amide bonds. The van der Waals surface area contributed by atoms with Crippen molar-refractivity contribution >= 4 is 54.4 Å². The van der Waals surface area contributed by atoms with Gasteiger partial charge < -0.3 is 4.42 Å². The number of benzene rings is 6. The summed E-state index contributed by atoms with van der Waals surface area (Å²) in [5.41, 5.74) is 4.08. The fourth-order valence-electron chi connectivity index (χ4n) is 6.22. The Balaban J connectivity index is 1.42. The standard InChI is InChI=1S/C38H22N4O/c1-2-11-24(12-3-1)35-40-36(30-20-21-39-38-34(30)29-16-8-9-17-32(29)43-38)42-37(41-35)31-22-25-13-5-6-14-26(25)28-19-18-23-10-4-7-15-27(23)33(28)31/h1-22H. The van der Waals surface area contributed by atoms with Gasteiger partial charge in [-0.3, -0.25) is 0 Å². The number of para-hydroxylation sites is 1. The molecule has 3 aromatic heterocycles. The highest BCUT2D eigenvalue weighted by molar-refractivity contribution is 6.22. The van der Waals surface area contributed by atoms with Crippen LogP contribution in [0.3, 0.4) is 0 Å². The second-order valence-electron chi connectivity index (χ2n) is 10.7. The van der Waals surface area contributed by atoms with Crippen LogP contribution in [0.1, 0.15) is 0 Å². The van der Waals surface area contributed by atoms with Crippen LogP contribution in [0.4, 0.5) is 0 Å². The smallest absolute Gasteiger partial charge is 0.228 e. The molecule has 200 valence electrons. The quantitative estimate of drug-likeness (QED) is 0.205. The van der Waals surface area contributed by atoms with Gasteiger partial charge in [0.15, 0.2) is 17.5 Å². The lowest BCUT2D eigenvalue weighted by atomic mass is 9.92. The Bertz CT molecular complexity index is 2520. The molecule has 0 unspecified atom stereocenters. The van der Waals surface area contributed by atoms with E-state index in [2.05, 4.69) is 77.8 Å². The van der Waals surface area contributed by atoms with Crippen molar-refractivity contribution in [1.29, 1.82) is 0 Å². The van der Waals surface area contributed by atoms with Crippen LogP contribution in [0, 0.1) is 0 Å². The van der Waals surface area contributed by atoms with Crippen LogP contribution < -0.4 is 0 Å². The Morgan fingerprint density at radius 3 is 1.98 bits per heavy atom. The van der Waals surface area contributed by atoms with E-state index in [9.17, 15) is 0 Å². The molecule has 5 heteroatoms. The summed E-state index contributed by atoms with van der Waals surface area (Å²) in [6.07, 6.45) is 1.75. The molecule has 0 fully saturated rings. The van der Waals surface area contributed by atoms with Crippen LogP contribution in [0.5, 0.6) is 0 Å². The van der Waals surface area contributed by atoms with Gasteiger partial charge in [-0.2, -0.15) is 0 Å². The van der Waals surface area contributed by atoms with E-state index in [-0.39, 0.29) is 0 Å². The van der Waals surface area contributed by atoms with E-state index in [4.69, 9.17) is 19.4 Å². The van der Waals surface area contributed by atoms with Gasteiger partial charge in [-0.25, -0.2) is 19.9 Å². The van der Waals surface area contributed by atoms with Crippen LogP contribution in [-0.4, -0.2) is 19.9 Å². The molecule has 9 rings (SSSR count). The molecular weight excluding hydrogens is 528 g/mol. The first-order valence-corrected chi connectivity index (χ1v) is 14.2. The highest BCUT2D eigenvalue weighted by Crippen LogP contribution is 2.40. The largest absolute Gasteiger partial charge is 0.438 e. The zero-order valence-electron chi connectivity index (χ0n) is 22.9. The van der Waals surface area contributed by atoms with Gasteiger partial charge in [0.1, 0.15) is 5.58 Å². The van der Waals surface area contributed by atoms with E-state index in [1.165, 1.54) is 16.2 Å². The Morgan fingerprint density at radius 2 is 1.12 bits per heavy atom. The number of aromatic nitrogens is 4. The summed E-state index contributed by atoms with van der Waals surface area (Å²) in [4.78, 5) is 19.9. The topological polar surface area (TPSA) is 64.7 Å². The second kappa shape index (κ2) is 9.29. The molecule has 0 aliphatic carbocycles. The predicted octanol–water partition coefficient (Wildman–Crippen LogP) is 9.63. The van der Waals surface area contributed by atoms with Crippen molar-refractivity contribution in [3.8, 4) is 34.2 Å². The molecule has 0 bridgehead atoms. The number of hydrogen-bond donors (Lipinski definition) is 0. The molecule has 6 aromatic carbocycles. The van der Waals surface area contributed by atoms with Crippen LogP contribution >= 0.6 is 0 Å². The van der Waals surface area contributed by atoms with Gasteiger partial charge in [-0.05, 0) is 45.1 Å². The predicted molar refractivity (Wildman–Crippen MR) is 174 cm³/mol. The van der Waals surface area contributed by atoms with E-state index < -0.39 is 0 Å². The van der Waals surface area contributed by atoms with Gasteiger partial charge >= 0.3 is 0 Å². The lowest BCUT2D eigenvalue weighted by Crippen LogP contribution is -2.01. The molecule has 0 radical (unpaired) electrons. The number of hydrogen-bond acceptors (Lipinski definition) is 5. The van der Waals surface area contributed by atoms with E-state index in [0.717, 1.165) is 49.2 Å². The minimum atomic E-state index is 0.559. The van der Waals surface area contributed by atoms with Gasteiger partial charge in [0.05, 0.1) is 5.39 Å². The number of nitrogens with zero attached hydrogens (tertiary/aromatic N) is 4. The highest BCUT2D eigenvalue weighted by Gasteiger charge is 2.20. The maximum Gasteiger partial charge on any atom is 0.228 e. The minimum absolute atomic E-state index is 0.559. The number of rotatable bonds is 3. The molecule has 5 nitrogen and oxygen atoms in total. The summed E-state index contributed by atoms with van der Waals surface area (Å²) < 4.78 is 6.12. The Morgan fingerprint density at radius 1 is 0.442 bits per heavy atom. The average molecular weight is 551 g/mol. The normalized spacial score (nSPS) is 11.7. The lowest BCUT2D eigenvalue weighted by Gasteiger charge is -2.14. The Hall–Kier alpha value is -5.94. The first kappa shape index (κ1) is 23.7. The summed E-state index contributed by atoms with van der Waals surface area (Å²) in [5, 5.41) is 8.83. The second-order valence-corrected chi connectivity index (χ2v) is 10.7. The van der Waals surface area contributed by atoms with Crippen molar-refractivity contribution in [3.63, 3.8) is 0 Å². The summed E-state index contributed by atoms with van der Waals surface area (Å²) in [6, 6.07) is 43.7. The number of fused-ring (bicyclic) bond motifs is 8. The van der Waals surface area contributed by atoms with Crippen molar-refractivity contribution in [2.75, 3.05) is 0 Å². The van der Waals surface area contributed by atoms with Crippen LogP contribution in [0.25, 0.3) is 88.5 Å². The van der Waals surface area contributed by atoms with Crippen molar-refractivity contribution in [2.24, 2.45) is 0 Å². The van der Waals surface area contributed by atoms with Crippen LogP contribution in [-0.2, 0) is 0 Å². The first-order valence-electron chi connectivity index (χ1n) is 14.2. The van der Waals surface area contributed by atoms with Gasteiger partial charge in [0.25, 0.3) is 0 Å². The summed E-state index contributed by atoms with van der Waals surface area (Å²) >= 11 is 0. The van der Waals surface area contributed by atoms with Crippen LogP contribution in [0.15, 0.2) is 138 Å². The monoisotopic (exact) mass is 550 g/mol. The molecule has 0 N–H and O–H groups in total. The number of pyridine rings is 1. The van der Waals surface area contributed by atoms with E-state index in [1.54, 1.807) is 6.20 Å². The molecule has 0 spiro atoms. The van der Waals surface area contributed by atoms with E-state index >= 15 is 0 Å². The van der Waals surface area contributed by atoms with Gasteiger partial charge in [0, 0.05) is 33.7 Å². The molecule has 0 aliphatic rings. The molecule has 0 saturated carbocycles. The van der Waals surface area contributed by atoms with Gasteiger partial charge in [-0.1, -0.05) is 109 Å². The zero-order chi connectivity index (χ0) is 28.3. The molecule has 0 aliphatic heterocycles. The van der Waals surface area contributed by atoms with Crippen molar-refractivity contribution in [1.82, 2.24) is 19.9 Å². The molecule has 9 aromatic rings. The minimum Gasteiger partial charge on any atom is -0.438 e. The van der Waals surface area contributed by atoms with Crippen molar-refractivity contribution < 1.29 is 4.42 Å². The summed E-state index contributed by atoms with van der Waals surface area (Å²) in [5.74, 6) is 1.80. The van der Waals surface area contributed by atoms with Gasteiger partial charge in [0.2, 0.25) is 5.71 Å². The third kappa shape index (κ3) is 3.72. The van der Waals surface area contributed by atoms with E-state index in [0.29, 0.717) is 23.2 Å². The molecule has 0 saturated heterocycles. The molecule has 3 heterocycles. The fraction of sp³-hybridized carbons (Fsp3) is 0. The first-order chi connectivity index (χ1) is 21.3. The maximum atomic E-state index is 6.12. The third-order valence-electron chi connectivity index (χ3n) is 8.18. The summed E-state index contributed by atoms with van der Waals surface area (Å²) in [7, 11) is 0. The van der Waals surface area contributed by atoms with Crippen molar-refractivity contribution in [3.05, 3.63) is 134 Å². The highest BCUT2D eigenvalue weighted by atomic mass is 16.3. The van der Waals surface area contributed by atoms with Crippen LogP contribution in [0.2, 0.25) is 0 Å².